The van der Waals surface area contributed by atoms with Gasteiger partial charge in [-0.2, -0.15) is 0 Å². The minimum absolute atomic E-state index is 0.161. The normalized spacial score (nSPS) is 18.7. The topological polar surface area (TPSA) is 26.0 Å². The zero-order valence-electron chi connectivity index (χ0n) is 7.13. The van der Waals surface area contributed by atoms with Crippen molar-refractivity contribution >= 4 is 11.6 Å². The highest BCUT2D eigenvalue weighted by molar-refractivity contribution is 6.30. The summed E-state index contributed by atoms with van der Waals surface area (Å²) in [6.07, 6.45) is 2.21. The van der Waals surface area contributed by atoms with E-state index in [1.807, 2.05) is 0 Å². The maximum absolute atomic E-state index is 13.4. The van der Waals surface area contributed by atoms with Gasteiger partial charge in [-0.1, -0.05) is 23.7 Å². The number of hydrogen-bond acceptors (Lipinski definition) is 1. The molecule has 0 unspecified atom stereocenters. The predicted molar refractivity (Wildman–Crippen MR) is 51.1 cm³/mol. The van der Waals surface area contributed by atoms with Crippen molar-refractivity contribution in [2.75, 3.05) is 0 Å². The molecule has 2 N–H and O–H groups in total. The monoisotopic (exact) mass is 199 g/mol. The van der Waals surface area contributed by atoms with Crippen molar-refractivity contribution in [3.63, 3.8) is 0 Å². The maximum Gasteiger partial charge on any atom is 0.146 e. The summed E-state index contributed by atoms with van der Waals surface area (Å²) in [6, 6.07) is 4.81. The van der Waals surface area contributed by atoms with E-state index in [9.17, 15) is 4.39 Å². The molecule has 1 fully saturated rings. The van der Waals surface area contributed by atoms with Gasteiger partial charge in [0.1, 0.15) is 5.82 Å². The molecule has 1 saturated carbocycles. The molecule has 1 nitrogen and oxygen atoms in total. The molecule has 70 valence electrons. The Bertz CT molecular complexity index is 323. The lowest BCUT2D eigenvalue weighted by Gasteiger charge is -2.11. The molecular weight excluding hydrogens is 189 g/mol. The van der Waals surface area contributed by atoms with Crippen LogP contribution in [0.5, 0.6) is 0 Å². The zero-order valence-corrected chi connectivity index (χ0v) is 7.89. The first kappa shape index (κ1) is 8.97. The van der Waals surface area contributed by atoms with Crippen LogP contribution in [0.25, 0.3) is 0 Å². The molecule has 0 spiro atoms. The fourth-order valence-corrected chi connectivity index (χ4v) is 1.67. The maximum atomic E-state index is 13.4. The van der Waals surface area contributed by atoms with Crippen LogP contribution in [0.15, 0.2) is 18.2 Å². The van der Waals surface area contributed by atoms with E-state index >= 15 is 0 Å². The van der Waals surface area contributed by atoms with Crippen LogP contribution in [-0.4, -0.2) is 0 Å². The molecule has 1 aliphatic rings. The summed E-state index contributed by atoms with van der Waals surface area (Å²) in [6.45, 7) is 0. The number of halogens is 2. The highest BCUT2D eigenvalue weighted by atomic mass is 35.5. The molecule has 0 aliphatic heterocycles. The standard InChI is InChI=1S/C10H11ClFN/c11-8-3-1-2-7(9(8)12)10(13)6-4-5-6/h1-3,6,10H,4-5,13H2/t10-/m1/s1. The van der Waals surface area contributed by atoms with Crippen LogP contribution in [0.1, 0.15) is 24.4 Å². The Morgan fingerprint density at radius 3 is 2.77 bits per heavy atom. The minimum Gasteiger partial charge on any atom is -0.324 e. The fourth-order valence-electron chi connectivity index (χ4n) is 1.49. The van der Waals surface area contributed by atoms with Crippen molar-refractivity contribution in [1.29, 1.82) is 0 Å². The molecule has 3 heteroatoms. The third-order valence-corrected chi connectivity index (χ3v) is 2.76. The highest BCUT2D eigenvalue weighted by Gasteiger charge is 2.31. The van der Waals surface area contributed by atoms with Crippen molar-refractivity contribution in [3.05, 3.63) is 34.6 Å². The molecule has 2 rings (SSSR count). The smallest absolute Gasteiger partial charge is 0.146 e. The molecule has 0 bridgehead atoms. The van der Waals surface area contributed by atoms with Gasteiger partial charge >= 0.3 is 0 Å². The van der Waals surface area contributed by atoms with Gasteiger partial charge in [0.15, 0.2) is 0 Å². The van der Waals surface area contributed by atoms with E-state index in [0.717, 1.165) is 12.8 Å². The van der Waals surface area contributed by atoms with Gasteiger partial charge in [-0.3, -0.25) is 0 Å². The first-order valence-corrected chi connectivity index (χ1v) is 4.77. The van der Waals surface area contributed by atoms with Crippen LogP contribution in [0.4, 0.5) is 4.39 Å². The van der Waals surface area contributed by atoms with Crippen LogP contribution < -0.4 is 5.73 Å². The average molecular weight is 200 g/mol. The van der Waals surface area contributed by atoms with Gasteiger partial charge in [-0.15, -0.1) is 0 Å². The van der Waals surface area contributed by atoms with Crippen molar-refractivity contribution in [3.8, 4) is 0 Å². The third-order valence-electron chi connectivity index (χ3n) is 2.47. The van der Waals surface area contributed by atoms with Crippen LogP contribution in [-0.2, 0) is 0 Å². The second-order valence-electron chi connectivity index (χ2n) is 3.51. The molecular formula is C10H11ClFN. The second kappa shape index (κ2) is 3.28. The molecule has 1 aromatic rings. The van der Waals surface area contributed by atoms with Crippen LogP contribution in [0, 0.1) is 11.7 Å². The molecule has 1 aliphatic carbocycles. The third kappa shape index (κ3) is 1.69. The summed E-state index contributed by atoms with van der Waals surface area (Å²) in [4.78, 5) is 0. The molecule has 1 atom stereocenters. The van der Waals surface area contributed by atoms with E-state index in [4.69, 9.17) is 17.3 Å². The molecule has 0 saturated heterocycles. The lowest BCUT2D eigenvalue weighted by atomic mass is 10.0. The Morgan fingerprint density at radius 2 is 2.15 bits per heavy atom. The number of nitrogens with two attached hydrogens (primary N) is 1. The van der Waals surface area contributed by atoms with Crippen LogP contribution in [0.3, 0.4) is 0 Å². The average Bonchev–Trinajstić information content (AvgIpc) is 2.91. The summed E-state index contributed by atoms with van der Waals surface area (Å²) in [5.74, 6) is 0.0940. The van der Waals surface area contributed by atoms with E-state index in [-0.39, 0.29) is 16.9 Å². The molecule has 1 aromatic carbocycles. The summed E-state index contributed by atoms with van der Waals surface area (Å²) in [5, 5.41) is 0.161. The van der Waals surface area contributed by atoms with E-state index < -0.39 is 0 Å². The van der Waals surface area contributed by atoms with Gasteiger partial charge in [0.25, 0.3) is 0 Å². The second-order valence-corrected chi connectivity index (χ2v) is 3.91. The Kier molecular flexibility index (Phi) is 2.26. The quantitative estimate of drug-likeness (QED) is 0.779. The first-order valence-electron chi connectivity index (χ1n) is 4.39. The minimum atomic E-state index is -0.358. The highest BCUT2D eigenvalue weighted by Crippen LogP contribution is 2.40. The Morgan fingerprint density at radius 1 is 1.46 bits per heavy atom. The van der Waals surface area contributed by atoms with Gasteiger partial charge in [0.2, 0.25) is 0 Å². The Hall–Kier alpha value is -0.600. The van der Waals surface area contributed by atoms with E-state index in [2.05, 4.69) is 0 Å². The van der Waals surface area contributed by atoms with E-state index in [0.29, 0.717) is 11.5 Å². The van der Waals surface area contributed by atoms with Gasteiger partial charge < -0.3 is 5.73 Å². The Labute approximate surface area is 81.7 Å². The summed E-state index contributed by atoms with van der Waals surface area (Å²) < 4.78 is 13.4. The largest absolute Gasteiger partial charge is 0.324 e. The Balaban J connectivity index is 2.32. The fraction of sp³-hybridized carbons (Fsp3) is 0.400. The van der Waals surface area contributed by atoms with E-state index in [1.54, 1.807) is 18.2 Å². The lowest BCUT2D eigenvalue weighted by Crippen LogP contribution is -2.14. The number of rotatable bonds is 2. The van der Waals surface area contributed by atoms with Gasteiger partial charge in [-0.05, 0) is 24.8 Å². The summed E-state index contributed by atoms with van der Waals surface area (Å²) >= 11 is 5.65. The molecule has 0 aromatic heterocycles. The number of benzene rings is 1. The molecule has 0 heterocycles. The van der Waals surface area contributed by atoms with Gasteiger partial charge in [-0.25, -0.2) is 4.39 Å². The summed E-state index contributed by atoms with van der Waals surface area (Å²) in [5.41, 5.74) is 6.42. The van der Waals surface area contributed by atoms with Crippen LogP contribution in [0.2, 0.25) is 5.02 Å². The first-order chi connectivity index (χ1) is 6.20. The van der Waals surface area contributed by atoms with Gasteiger partial charge in [0.05, 0.1) is 5.02 Å². The van der Waals surface area contributed by atoms with Gasteiger partial charge in [0, 0.05) is 11.6 Å². The van der Waals surface area contributed by atoms with Crippen molar-refractivity contribution < 1.29 is 4.39 Å². The van der Waals surface area contributed by atoms with Crippen molar-refractivity contribution in [2.45, 2.75) is 18.9 Å². The molecule has 0 radical (unpaired) electrons. The number of hydrogen-bond donors (Lipinski definition) is 1. The molecule has 13 heavy (non-hydrogen) atoms. The summed E-state index contributed by atoms with van der Waals surface area (Å²) in [7, 11) is 0. The van der Waals surface area contributed by atoms with Crippen LogP contribution >= 0.6 is 11.6 Å². The van der Waals surface area contributed by atoms with Crippen molar-refractivity contribution in [1.82, 2.24) is 0 Å². The zero-order chi connectivity index (χ0) is 9.42. The van der Waals surface area contributed by atoms with E-state index in [1.165, 1.54) is 0 Å². The SMILES string of the molecule is N[C@@H](c1cccc(Cl)c1F)C1CC1. The predicted octanol–water partition coefficient (Wildman–Crippen LogP) is 2.89. The lowest BCUT2D eigenvalue weighted by molar-refractivity contribution is 0.554. The van der Waals surface area contributed by atoms with Crippen molar-refractivity contribution in [2.24, 2.45) is 11.7 Å². The molecule has 0 amide bonds.